The van der Waals surface area contributed by atoms with Crippen LogP contribution < -0.4 is 0 Å². The maximum atomic E-state index is 12.8. The molecule has 0 aliphatic carbocycles. The summed E-state index contributed by atoms with van der Waals surface area (Å²) in [5.74, 6) is 0.0318. The van der Waals surface area contributed by atoms with Crippen LogP contribution in [0.4, 0.5) is 0 Å². The highest BCUT2D eigenvalue weighted by Gasteiger charge is 2.29. The molecule has 0 bridgehead atoms. The molecule has 1 aromatic rings. The number of hydrogen-bond donors (Lipinski definition) is 0. The van der Waals surface area contributed by atoms with Crippen molar-refractivity contribution in [1.82, 2.24) is 24.8 Å². The van der Waals surface area contributed by atoms with Crippen LogP contribution in [0, 0.1) is 6.92 Å². The van der Waals surface area contributed by atoms with E-state index in [1.54, 1.807) is 4.80 Å². The van der Waals surface area contributed by atoms with Crippen molar-refractivity contribution in [2.45, 2.75) is 46.2 Å². The molecule has 0 spiro atoms. The first-order chi connectivity index (χ1) is 9.56. The quantitative estimate of drug-likeness (QED) is 0.833. The molecule has 1 amide bonds. The topological polar surface area (TPSA) is 54.3 Å². The van der Waals surface area contributed by atoms with Crippen LogP contribution in [0.5, 0.6) is 0 Å². The lowest BCUT2D eigenvalue weighted by Gasteiger charge is -2.29. The Morgan fingerprint density at radius 1 is 1.30 bits per heavy atom. The molecule has 1 aromatic heterocycles. The molecule has 1 aliphatic rings. The second kappa shape index (κ2) is 6.35. The number of carbonyl (C=O) groups is 1. The molecular formula is C14H25N5O. The smallest absolute Gasteiger partial charge is 0.276 e. The Hall–Kier alpha value is -1.43. The third-order valence-corrected chi connectivity index (χ3v) is 3.94. The van der Waals surface area contributed by atoms with E-state index in [1.807, 2.05) is 18.7 Å². The number of amides is 1. The highest BCUT2D eigenvalue weighted by Crippen LogP contribution is 2.16. The molecule has 1 saturated heterocycles. The van der Waals surface area contributed by atoms with Crippen molar-refractivity contribution in [1.29, 1.82) is 0 Å². The van der Waals surface area contributed by atoms with Crippen LogP contribution in [0.25, 0.3) is 0 Å². The van der Waals surface area contributed by atoms with Gasteiger partial charge in [-0.1, -0.05) is 6.92 Å². The molecule has 0 radical (unpaired) electrons. The fraction of sp³-hybridized carbons (Fsp3) is 0.786. The summed E-state index contributed by atoms with van der Waals surface area (Å²) in [6.45, 7) is 9.44. The van der Waals surface area contributed by atoms with E-state index in [-0.39, 0.29) is 11.9 Å². The Labute approximate surface area is 120 Å². The minimum absolute atomic E-state index is 0.0318. The summed E-state index contributed by atoms with van der Waals surface area (Å²) >= 11 is 0. The van der Waals surface area contributed by atoms with Crippen LogP contribution in [0.1, 0.15) is 42.9 Å². The normalized spacial score (nSPS) is 21.0. The second-order valence-corrected chi connectivity index (χ2v) is 5.50. The van der Waals surface area contributed by atoms with E-state index < -0.39 is 0 Å². The molecule has 1 fully saturated rings. The molecule has 1 aliphatic heterocycles. The summed E-state index contributed by atoms with van der Waals surface area (Å²) in [5.41, 5.74) is 1.24. The van der Waals surface area contributed by atoms with E-state index in [9.17, 15) is 4.79 Å². The Kier molecular flexibility index (Phi) is 4.75. The van der Waals surface area contributed by atoms with E-state index in [1.165, 1.54) is 0 Å². The number of hydrogen-bond acceptors (Lipinski definition) is 4. The van der Waals surface area contributed by atoms with Gasteiger partial charge in [-0.3, -0.25) is 4.79 Å². The molecule has 1 unspecified atom stereocenters. The molecular weight excluding hydrogens is 254 g/mol. The average molecular weight is 279 g/mol. The van der Waals surface area contributed by atoms with Crippen molar-refractivity contribution in [3.05, 3.63) is 11.4 Å². The molecule has 0 N–H and O–H groups in total. The van der Waals surface area contributed by atoms with Crippen molar-refractivity contribution < 1.29 is 4.79 Å². The lowest BCUT2D eigenvalue weighted by Crippen LogP contribution is -2.43. The second-order valence-electron chi connectivity index (χ2n) is 5.50. The number of likely N-dealkylation sites (N-methyl/N-ethyl adjacent to an activating group) is 1. The first-order valence-corrected chi connectivity index (χ1v) is 7.48. The zero-order valence-corrected chi connectivity index (χ0v) is 13.0. The first-order valence-electron chi connectivity index (χ1n) is 7.48. The number of nitrogens with zero attached hydrogens (tertiary/aromatic N) is 5. The fourth-order valence-electron chi connectivity index (χ4n) is 2.77. The van der Waals surface area contributed by atoms with Gasteiger partial charge in [0.25, 0.3) is 5.91 Å². The summed E-state index contributed by atoms with van der Waals surface area (Å²) < 4.78 is 0. The van der Waals surface area contributed by atoms with Crippen LogP contribution in [0.2, 0.25) is 0 Å². The summed E-state index contributed by atoms with van der Waals surface area (Å²) in [7, 11) is 2.12. The van der Waals surface area contributed by atoms with Gasteiger partial charge in [0.2, 0.25) is 0 Å². The zero-order valence-electron chi connectivity index (χ0n) is 13.0. The van der Waals surface area contributed by atoms with E-state index in [2.05, 4.69) is 29.1 Å². The van der Waals surface area contributed by atoms with E-state index in [4.69, 9.17) is 0 Å². The third kappa shape index (κ3) is 3.00. The maximum Gasteiger partial charge on any atom is 0.276 e. The van der Waals surface area contributed by atoms with Gasteiger partial charge in [-0.2, -0.15) is 9.90 Å². The van der Waals surface area contributed by atoms with Gasteiger partial charge in [-0.15, -0.1) is 5.10 Å². The Balaban J connectivity index is 2.23. The van der Waals surface area contributed by atoms with Crippen LogP contribution in [-0.4, -0.2) is 63.4 Å². The van der Waals surface area contributed by atoms with Gasteiger partial charge in [0.1, 0.15) is 0 Å². The number of carbonyl (C=O) groups excluding carboxylic acids is 1. The van der Waals surface area contributed by atoms with Crippen molar-refractivity contribution in [3.63, 3.8) is 0 Å². The van der Waals surface area contributed by atoms with E-state index in [0.717, 1.165) is 38.2 Å². The lowest BCUT2D eigenvalue weighted by molar-refractivity contribution is 0.0668. The Morgan fingerprint density at radius 3 is 2.65 bits per heavy atom. The lowest BCUT2D eigenvalue weighted by atomic mass is 10.1. The van der Waals surface area contributed by atoms with Crippen LogP contribution >= 0.6 is 0 Å². The number of aromatic nitrogens is 3. The van der Waals surface area contributed by atoms with Gasteiger partial charge in [-0.25, -0.2) is 0 Å². The van der Waals surface area contributed by atoms with Gasteiger partial charge in [0.15, 0.2) is 5.69 Å². The van der Waals surface area contributed by atoms with Crippen LogP contribution in [0.15, 0.2) is 0 Å². The summed E-state index contributed by atoms with van der Waals surface area (Å²) in [4.78, 5) is 18.7. The minimum Gasteiger partial charge on any atom is -0.333 e. The third-order valence-electron chi connectivity index (χ3n) is 3.94. The fourth-order valence-corrected chi connectivity index (χ4v) is 2.77. The number of rotatable bonds is 3. The molecule has 0 aromatic carbocycles. The first kappa shape index (κ1) is 15.0. The van der Waals surface area contributed by atoms with Gasteiger partial charge >= 0.3 is 0 Å². The molecule has 0 saturated carbocycles. The van der Waals surface area contributed by atoms with Crippen molar-refractivity contribution in [2.75, 3.05) is 26.7 Å². The molecule has 20 heavy (non-hydrogen) atoms. The summed E-state index contributed by atoms with van der Waals surface area (Å²) in [5, 5.41) is 8.60. The maximum absolute atomic E-state index is 12.8. The minimum atomic E-state index is 0.0318. The number of aryl methyl sites for hydroxylation is 2. The Bertz CT molecular complexity index is 470. The largest absolute Gasteiger partial charge is 0.333 e. The van der Waals surface area contributed by atoms with Gasteiger partial charge in [0, 0.05) is 19.1 Å². The highest BCUT2D eigenvalue weighted by atomic mass is 16.2. The van der Waals surface area contributed by atoms with Crippen molar-refractivity contribution in [2.24, 2.45) is 0 Å². The Morgan fingerprint density at radius 2 is 2.05 bits per heavy atom. The standard InChI is InChI=1S/C14H25N5O/c1-5-12-10-17(4)8-7-9-18(12)14(20)13-11(3)15-19(6-2)16-13/h12H,5-10H2,1-4H3. The SMILES string of the molecule is CCC1CN(C)CCCN1C(=O)c1nn(CC)nc1C. The predicted octanol–water partition coefficient (Wildman–Crippen LogP) is 1.16. The molecule has 2 rings (SSSR count). The molecule has 6 heteroatoms. The average Bonchev–Trinajstić information content (AvgIpc) is 2.70. The molecule has 2 heterocycles. The van der Waals surface area contributed by atoms with Gasteiger partial charge in [0.05, 0.1) is 12.2 Å². The summed E-state index contributed by atoms with van der Waals surface area (Å²) in [6.07, 6.45) is 1.98. The molecule has 6 nitrogen and oxygen atoms in total. The molecule has 1 atom stereocenters. The molecule has 112 valence electrons. The van der Waals surface area contributed by atoms with Crippen LogP contribution in [0.3, 0.4) is 0 Å². The predicted molar refractivity (Wildman–Crippen MR) is 77.7 cm³/mol. The zero-order chi connectivity index (χ0) is 14.7. The van der Waals surface area contributed by atoms with Crippen molar-refractivity contribution >= 4 is 5.91 Å². The van der Waals surface area contributed by atoms with Gasteiger partial charge < -0.3 is 9.80 Å². The van der Waals surface area contributed by atoms with Gasteiger partial charge in [-0.05, 0) is 40.3 Å². The highest BCUT2D eigenvalue weighted by molar-refractivity contribution is 5.93. The van der Waals surface area contributed by atoms with Crippen molar-refractivity contribution in [3.8, 4) is 0 Å². The summed E-state index contributed by atoms with van der Waals surface area (Å²) in [6, 6.07) is 0.265. The van der Waals surface area contributed by atoms with E-state index in [0.29, 0.717) is 12.2 Å². The van der Waals surface area contributed by atoms with Crippen LogP contribution in [-0.2, 0) is 6.54 Å². The monoisotopic (exact) mass is 279 g/mol. The van der Waals surface area contributed by atoms with E-state index >= 15 is 0 Å².